The molecule has 4 rings (SSSR count). The molecule has 0 saturated carbocycles. The Bertz CT molecular complexity index is 1230. The maximum Gasteiger partial charge on any atom is 0.329 e. The molecule has 0 aromatic heterocycles. The number of rotatable bonds is 9. The van der Waals surface area contributed by atoms with Gasteiger partial charge in [0.05, 0.1) is 24.9 Å². The minimum absolute atomic E-state index is 0. The SMILES string of the molecule is Br.CCOc1ccc2c(c1)CN(CC(=O)c1cc(N3CCC(OCC(=O)O)C3)c(O)c(C(C)(C)C)c1)C2=N. The fourth-order valence-electron chi connectivity index (χ4n) is 4.91. The lowest BCUT2D eigenvalue weighted by molar-refractivity contribution is -0.143. The van der Waals surface area contributed by atoms with Crippen LogP contribution in [0.2, 0.25) is 0 Å². The molecule has 1 unspecified atom stereocenters. The highest BCUT2D eigenvalue weighted by Crippen LogP contribution is 2.41. The van der Waals surface area contributed by atoms with Gasteiger partial charge in [0.15, 0.2) is 5.78 Å². The molecule has 38 heavy (non-hydrogen) atoms. The number of anilines is 1. The lowest BCUT2D eigenvalue weighted by atomic mass is 9.84. The summed E-state index contributed by atoms with van der Waals surface area (Å²) in [6.07, 6.45) is 0.362. The van der Waals surface area contributed by atoms with Crippen molar-refractivity contribution in [2.24, 2.45) is 0 Å². The number of aliphatic carboxylic acids is 1. The van der Waals surface area contributed by atoms with E-state index < -0.39 is 11.4 Å². The Kier molecular flexibility index (Phi) is 9.09. The van der Waals surface area contributed by atoms with Crippen molar-refractivity contribution in [1.29, 1.82) is 5.41 Å². The highest BCUT2D eigenvalue weighted by Gasteiger charge is 2.31. The highest BCUT2D eigenvalue weighted by molar-refractivity contribution is 8.93. The van der Waals surface area contributed by atoms with E-state index in [0.717, 1.165) is 16.9 Å². The molecule has 0 bridgehead atoms. The molecule has 2 aromatic rings. The second kappa shape index (κ2) is 11.7. The number of amidine groups is 1. The van der Waals surface area contributed by atoms with Crippen LogP contribution in [0.25, 0.3) is 0 Å². The van der Waals surface area contributed by atoms with Gasteiger partial charge in [0, 0.05) is 36.3 Å². The minimum atomic E-state index is -1.02. The number of ketones is 1. The van der Waals surface area contributed by atoms with E-state index in [1.54, 1.807) is 17.0 Å². The third-order valence-corrected chi connectivity index (χ3v) is 6.80. The number of halogens is 1. The molecule has 2 aliphatic rings. The van der Waals surface area contributed by atoms with Crippen LogP contribution in [0.15, 0.2) is 30.3 Å². The number of aromatic hydroxyl groups is 1. The van der Waals surface area contributed by atoms with Crippen molar-refractivity contribution in [1.82, 2.24) is 4.90 Å². The molecule has 10 heteroatoms. The summed E-state index contributed by atoms with van der Waals surface area (Å²) in [4.78, 5) is 28.1. The summed E-state index contributed by atoms with van der Waals surface area (Å²) in [7, 11) is 0. The van der Waals surface area contributed by atoms with Gasteiger partial charge in [-0.15, -0.1) is 17.0 Å². The summed E-state index contributed by atoms with van der Waals surface area (Å²) in [5.41, 5.74) is 2.99. The first kappa shape index (κ1) is 29.4. The summed E-state index contributed by atoms with van der Waals surface area (Å²) in [6, 6.07) is 9.07. The van der Waals surface area contributed by atoms with E-state index in [4.69, 9.17) is 20.0 Å². The number of fused-ring (bicyclic) bond motifs is 1. The van der Waals surface area contributed by atoms with E-state index in [-0.39, 0.29) is 47.8 Å². The van der Waals surface area contributed by atoms with Gasteiger partial charge < -0.3 is 29.5 Å². The predicted octanol–water partition coefficient (Wildman–Crippen LogP) is 4.37. The van der Waals surface area contributed by atoms with Crippen LogP contribution in [0.1, 0.15) is 61.2 Å². The number of carbonyl (C=O) groups is 2. The Balaban J connectivity index is 0.00000400. The predicted molar refractivity (Wildman–Crippen MR) is 151 cm³/mol. The largest absolute Gasteiger partial charge is 0.505 e. The molecule has 0 radical (unpaired) electrons. The zero-order chi connectivity index (χ0) is 26.9. The van der Waals surface area contributed by atoms with Crippen molar-refractivity contribution < 1.29 is 29.3 Å². The molecule has 0 amide bonds. The van der Waals surface area contributed by atoms with Crippen LogP contribution in [-0.2, 0) is 21.5 Å². The third kappa shape index (κ3) is 6.30. The Hall–Kier alpha value is -3.11. The van der Waals surface area contributed by atoms with E-state index in [1.165, 1.54) is 0 Å². The Morgan fingerprint density at radius 1 is 1.18 bits per heavy atom. The smallest absolute Gasteiger partial charge is 0.329 e. The first-order chi connectivity index (χ1) is 17.5. The number of carboxylic acid groups (broad SMARTS) is 1. The van der Waals surface area contributed by atoms with Crippen molar-refractivity contribution in [3.8, 4) is 11.5 Å². The van der Waals surface area contributed by atoms with Gasteiger partial charge in [-0.2, -0.15) is 0 Å². The molecule has 2 heterocycles. The van der Waals surface area contributed by atoms with Crippen LogP contribution in [0.4, 0.5) is 5.69 Å². The first-order valence-electron chi connectivity index (χ1n) is 12.6. The molecule has 2 aromatic carbocycles. The van der Waals surface area contributed by atoms with Gasteiger partial charge in [-0.05, 0) is 54.7 Å². The average Bonchev–Trinajstić information content (AvgIpc) is 3.42. The van der Waals surface area contributed by atoms with Gasteiger partial charge in [0.1, 0.15) is 23.9 Å². The topological polar surface area (TPSA) is 123 Å². The van der Waals surface area contributed by atoms with Gasteiger partial charge in [-0.3, -0.25) is 10.2 Å². The molecular formula is C28H36BrN3O6. The summed E-state index contributed by atoms with van der Waals surface area (Å²) in [5.74, 6) is 0.00320. The fraction of sp³-hybridized carbons (Fsp3) is 0.464. The number of hydrogen-bond acceptors (Lipinski definition) is 7. The summed E-state index contributed by atoms with van der Waals surface area (Å²) >= 11 is 0. The summed E-state index contributed by atoms with van der Waals surface area (Å²) in [6.45, 7) is 9.53. The van der Waals surface area contributed by atoms with Crippen LogP contribution in [-0.4, -0.2) is 71.7 Å². The Labute approximate surface area is 233 Å². The first-order valence-corrected chi connectivity index (χ1v) is 12.6. The summed E-state index contributed by atoms with van der Waals surface area (Å²) < 4.78 is 11.0. The van der Waals surface area contributed by atoms with Gasteiger partial charge in [-0.1, -0.05) is 20.8 Å². The molecule has 2 aliphatic heterocycles. The molecule has 0 aliphatic carbocycles. The number of nitrogens with one attached hydrogen (secondary N) is 1. The highest BCUT2D eigenvalue weighted by atomic mass is 79.9. The molecule has 1 fully saturated rings. The van der Waals surface area contributed by atoms with E-state index in [2.05, 4.69) is 0 Å². The van der Waals surface area contributed by atoms with Crippen molar-refractivity contribution in [3.05, 3.63) is 52.6 Å². The normalized spacial score (nSPS) is 16.8. The van der Waals surface area contributed by atoms with E-state index in [0.29, 0.717) is 55.3 Å². The van der Waals surface area contributed by atoms with Gasteiger partial charge in [0.2, 0.25) is 0 Å². The lowest BCUT2D eigenvalue weighted by Crippen LogP contribution is -2.31. The molecule has 9 nitrogen and oxygen atoms in total. The lowest BCUT2D eigenvalue weighted by Gasteiger charge is -2.27. The zero-order valence-corrected chi connectivity index (χ0v) is 24.0. The van der Waals surface area contributed by atoms with Crippen molar-refractivity contribution in [2.75, 3.05) is 37.7 Å². The number of carbonyl (C=O) groups excluding carboxylic acids is 1. The molecular weight excluding hydrogens is 554 g/mol. The number of carboxylic acids is 1. The standard InChI is InChI=1S/C28H35N3O6.BrH/c1-5-36-19-6-7-21-18(10-19)13-31(27(21)29)15-24(32)17-11-22(28(2,3)4)26(35)23(12-17)30-9-8-20(14-30)37-16-25(33)34;/h6-7,10-12,20,29,35H,5,8-9,13-16H2,1-4H3,(H,33,34);1H. The molecule has 1 saturated heterocycles. The number of ether oxygens (including phenoxy) is 2. The van der Waals surface area contributed by atoms with Gasteiger partial charge in [-0.25, -0.2) is 4.79 Å². The number of benzene rings is 2. The molecule has 0 spiro atoms. The van der Waals surface area contributed by atoms with Crippen LogP contribution >= 0.6 is 17.0 Å². The quantitative estimate of drug-likeness (QED) is 0.368. The van der Waals surface area contributed by atoms with E-state index >= 15 is 0 Å². The maximum absolute atomic E-state index is 13.5. The zero-order valence-electron chi connectivity index (χ0n) is 22.2. The maximum atomic E-state index is 13.5. The number of Topliss-reactive ketones (excluding diaryl/α,β-unsaturated/α-hetero) is 1. The Morgan fingerprint density at radius 3 is 2.58 bits per heavy atom. The molecule has 3 N–H and O–H groups in total. The monoisotopic (exact) mass is 589 g/mol. The summed E-state index contributed by atoms with van der Waals surface area (Å²) in [5, 5.41) is 28.7. The number of nitrogens with zero attached hydrogens (tertiary/aromatic N) is 2. The van der Waals surface area contributed by atoms with Crippen molar-refractivity contribution >= 4 is 40.3 Å². The third-order valence-electron chi connectivity index (χ3n) is 6.80. The fourth-order valence-corrected chi connectivity index (χ4v) is 4.91. The average molecular weight is 591 g/mol. The van der Waals surface area contributed by atoms with Crippen LogP contribution in [0.5, 0.6) is 11.5 Å². The van der Waals surface area contributed by atoms with E-state index in [9.17, 15) is 14.7 Å². The number of phenolic OH excluding ortho intramolecular Hbond substituents is 1. The van der Waals surface area contributed by atoms with Crippen molar-refractivity contribution in [2.45, 2.75) is 52.2 Å². The molecule has 1 atom stereocenters. The van der Waals surface area contributed by atoms with Crippen molar-refractivity contribution in [3.63, 3.8) is 0 Å². The second-order valence-electron chi connectivity index (χ2n) is 10.6. The van der Waals surface area contributed by atoms with Crippen LogP contribution in [0.3, 0.4) is 0 Å². The number of phenols is 1. The van der Waals surface area contributed by atoms with E-state index in [1.807, 2.05) is 50.8 Å². The van der Waals surface area contributed by atoms with Crippen LogP contribution in [0, 0.1) is 5.41 Å². The van der Waals surface area contributed by atoms with Crippen LogP contribution < -0.4 is 9.64 Å². The van der Waals surface area contributed by atoms with Gasteiger partial charge >= 0.3 is 5.97 Å². The van der Waals surface area contributed by atoms with Gasteiger partial charge in [0.25, 0.3) is 0 Å². The molecule has 206 valence electrons. The Morgan fingerprint density at radius 2 is 1.92 bits per heavy atom. The second-order valence-corrected chi connectivity index (χ2v) is 10.6. The minimum Gasteiger partial charge on any atom is -0.505 e. The number of hydrogen-bond donors (Lipinski definition) is 3.